The molecule has 0 spiro atoms. The maximum absolute atomic E-state index is 12.9. The molecule has 1 aliphatic heterocycles. The Morgan fingerprint density at radius 3 is 2.22 bits per heavy atom. The Morgan fingerprint density at radius 2 is 1.72 bits per heavy atom. The molecular formula is C14H21FOS2. The zero-order valence-electron chi connectivity index (χ0n) is 11.6. The first kappa shape index (κ1) is 15.9. The first-order chi connectivity index (χ1) is 8.54. The summed E-state index contributed by atoms with van der Waals surface area (Å²) in [5.41, 5.74) is 1.14. The Bertz CT molecular complexity index is 365. The van der Waals surface area contributed by atoms with E-state index >= 15 is 0 Å². The Balaban J connectivity index is 0.000000771. The maximum atomic E-state index is 12.9. The third kappa shape index (κ3) is 3.43. The lowest BCUT2D eigenvalue weighted by molar-refractivity contribution is 0.0791. The van der Waals surface area contributed by atoms with Gasteiger partial charge in [0.25, 0.3) is 0 Å². The van der Waals surface area contributed by atoms with Gasteiger partial charge >= 0.3 is 0 Å². The van der Waals surface area contributed by atoms with Gasteiger partial charge in [0.05, 0.1) is 11.4 Å². The number of rotatable bonds is 2. The molecule has 1 fully saturated rings. The van der Waals surface area contributed by atoms with Crippen LogP contribution in [-0.2, 0) is 4.74 Å². The highest BCUT2D eigenvalue weighted by Crippen LogP contribution is 2.58. The number of ether oxygens (including phenoxy) is 1. The number of hydrogen-bond acceptors (Lipinski definition) is 3. The molecule has 0 radical (unpaired) electrons. The van der Waals surface area contributed by atoms with Crippen molar-refractivity contribution in [2.45, 2.75) is 43.8 Å². The van der Waals surface area contributed by atoms with Gasteiger partial charge in [-0.25, -0.2) is 4.39 Å². The Hall–Kier alpha value is -0.190. The first-order valence-corrected chi connectivity index (χ1v) is 8.38. The van der Waals surface area contributed by atoms with Crippen LogP contribution in [-0.4, -0.2) is 18.0 Å². The fraction of sp³-hybridized carbons (Fsp3) is 0.571. The largest absolute Gasteiger partial charge is 0.378 e. The van der Waals surface area contributed by atoms with E-state index in [0.717, 1.165) is 5.56 Å². The molecule has 0 aromatic heterocycles. The molecule has 1 saturated heterocycles. The summed E-state index contributed by atoms with van der Waals surface area (Å²) >= 11 is 0. The van der Waals surface area contributed by atoms with Crippen LogP contribution in [0.4, 0.5) is 4.39 Å². The highest BCUT2D eigenvalue weighted by molar-refractivity contribution is 8.77. The maximum Gasteiger partial charge on any atom is 0.123 e. The van der Waals surface area contributed by atoms with E-state index in [-0.39, 0.29) is 21.9 Å². The smallest absolute Gasteiger partial charge is 0.123 e. The molecule has 18 heavy (non-hydrogen) atoms. The zero-order chi connectivity index (χ0) is 13.8. The van der Waals surface area contributed by atoms with Crippen LogP contribution in [0.5, 0.6) is 0 Å². The topological polar surface area (TPSA) is 9.23 Å². The summed E-state index contributed by atoms with van der Waals surface area (Å²) in [6, 6.07) is 6.72. The normalized spacial score (nSPS) is 25.4. The quantitative estimate of drug-likeness (QED) is 0.702. The Kier molecular flexibility index (Phi) is 6.02. The summed E-state index contributed by atoms with van der Waals surface area (Å²) in [7, 11) is 5.39. The van der Waals surface area contributed by atoms with E-state index < -0.39 is 0 Å². The van der Waals surface area contributed by atoms with Gasteiger partial charge in [0, 0.05) is 11.9 Å². The Labute approximate surface area is 117 Å². The van der Waals surface area contributed by atoms with Crippen LogP contribution in [0.3, 0.4) is 0 Å². The molecule has 0 N–H and O–H groups in total. The molecule has 1 heterocycles. The number of halogens is 1. The van der Waals surface area contributed by atoms with Crippen LogP contribution in [0.25, 0.3) is 0 Å². The van der Waals surface area contributed by atoms with Crippen LogP contribution in [0.1, 0.15) is 38.5 Å². The van der Waals surface area contributed by atoms with Gasteiger partial charge in [-0.1, -0.05) is 47.6 Å². The zero-order valence-corrected chi connectivity index (χ0v) is 13.2. The molecule has 1 aliphatic rings. The fourth-order valence-electron chi connectivity index (χ4n) is 1.93. The molecule has 0 aliphatic carbocycles. The van der Waals surface area contributed by atoms with Gasteiger partial charge < -0.3 is 4.74 Å². The molecule has 1 aromatic carbocycles. The summed E-state index contributed by atoms with van der Waals surface area (Å²) in [6.07, 6.45) is 0.160. The predicted molar refractivity (Wildman–Crippen MR) is 80.5 cm³/mol. The van der Waals surface area contributed by atoms with Crippen molar-refractivity contribution in [3.05, 3.63) is 35.6 Å². The highest BCUT2D eigenvalue weighted by atomic mass is 33.1. The lowest BCUT2D eigenvalue weighted by Gasteiger charge is -2.26. The molecule has 2 unspecified atom stereocenters. The van der Waals surface area contributed by atoms with Gasteiger partial charge in [0.15, 0.2) is 0 Å². The van der Waals surface area contributed by atoms with Crippen LogP contribution >= 0.6 is 21.6 Å². The second kappa shape index (κ2) is 6.83. The fourth-order valence-corrected chi connectivity index (χ4v) is 5.49. The molecule has 0 amide bonds. The van der Waals surface area contributed by atoms with Gasteiger partial charge in [0.1, 0.15) is 5.82 Å². The minimum absolute atomic E-state index is 0.0957. The van der Waals surface area contributed by atoms with E-state index in [1.807, 2.05) is 47.6 Å². The van der Waals surface area contributed by atoms with Crippen molar-refractivity contribution < 1.29 is 9.13 Å². The van der Waals surface area contributed by atoms with Gasteiger partial charge in [-0.15, -0.1) is 0 Å². The average molecular weight is 288 g/mol. The molecule has 2 atom stereocenters. The Morgan fingerprint density at radius 1 is 1.17 bits per heavy atom. The van der Waals surface area contributed by atoms with Crippen molar-refractivity contribution in [2.24, 2.45) is 0 Å². The molecular weight excluding hydrogens is 267 g/mol. The number of benzene rings is 1. The summed E-state index contributed by atoms with van der Waals surface area (Å²) in [4.78, 5) is 0. The molecule has 1 aromatic rings. The van der Waals surface area contributed by atoms with E-state index in [0.29, 0.717) is 0 Å². The van der Waals surface area contributed by atoms with Gasteiger partial charge in [-0.2, -0.15) is 0 Å². The third-order valence-corrected chi connectivity index (χ3v) is 6.46. The summed E-state index contributed by atoms with van der Waals surface area (Å²) < 4.78 is 18.5. The predicted octanol–water partition coefficient (Wildman–Crippen LogP) is 5.08. The molecule has 102 valence electrons. The van der Waals surface area contributed by atoms with Gasteiger partial charge in [0.2, 0.25) is 0 Å². The minimum atomic E-state index is -0.187. The van der Waals surface area contributed by atoms with Gasteiger partial charge in [-0.05, 0) is 31.5 Å². The van der Waals surface area contributed by atoms with Crippen molar-refractivity contribution >= 4 is 21.6 Å². The molecule has 2 rings (SSSR count). The van der Waals surface area contributed by atoms with E-state index in [9.17, 15) is 4.39 Å². The van der Waals surface area contributed by atoms with Crippen molar-refractivity contribution in [3.63, 3.8) is 0 Å². The van der Waals surface area contributed by atoms with E-state index in [1.165, 1.54) is 12.1 Å². The van der Waals surface area contributed by atoms with E-state index in [1.54, 1.807) is 7.11 Å². The SMILES string of the molecule is CC.COC1C(c2ccc(F)cc2)SSC1(C)C. The highest BCUT2D eigenvalue weighted by Gasteiger charge is 2.44. The van der Waals surface area contributed by atoms with Crippen molar-refractivity contribution in [2.75, 3.05) is 7.11 Å². The monoisotopic (exact) mass is 288 g/mol. The lowest BCUT2D eigenvalue weighted by Crippen LogP contribution is -2.33. The van der Waals surface area contributed by atoms with Crippen LogP contribution in [0.2, 0.25) is 0 Å². The number of methoxy groups -OCH3 is 1. The van der Waals surface area contributed by atoms with E-state index in [2.05, 4.69) is 13.8 Å². The van der Waals surface area contributed by atoms with Crippen LogP contribution < -0.4 is 0 Å². The van der Waals surface area contributed by atoms with E-state index in [4.69, 9.17) is 4.74 Å². The second-order valence-corrected chi connectivity index (χ2v) is 7.41. The van der Waals surface area contributed by atoms with Crippen LogP contribution in [0, 0.1) is 5.82 Å². The van der Waals surface area contributed by atoms with Crippen molar-refractivity contribution in [1.29, 1.82) is 0 Å². The molecule has 0 saturated carbocycles. The standard InChI is InChI=1S/C12H15FOS2.C2H6/c1-12(2)11(14-3)10(15-16-12)8-4-6-9(13)7-5-8;1-2/h4-7,10-11H,1-3H3;1-2H3. The number of hydrogen-bond donors (Lipinski definition) is 0. The second-order valence-electron chi connectivity index (χ2n) is 4.41. The summed E-state index contributed by atoms with van der Waals surface area (Å²) in [5, 5.41) is 0.283. The third-order valence-electron chi connectivity index (χ3n) is 2.78. The summed E-state index contributed by atoms with van der Waals surface area (Å²) in [6.45, 7) is 8.37. The summed E-state index contributed by atoms with van der Waals surface area (Å²) in [5.74, 6) is -0.187. The minimum Gasteiger partial charge on any atom is -0.378 e. The van der Waals surface area contributed by atoms with Crippen molar-refractivity contribution in [3.8, 4) is 0 Å². The molecule has 0 bridgehead atoms. The average Bonchev–Trinajstić information content (AvgIpc) is 2.68. The van der Waals surface area contributed by atoms with Crippen molar-refractivity contribution in [1.82, 2.24) is 0 Å². The first-order valence-electron chi connectivity index (χ1n) is 6.17. The molecule has 4 heteroatoms. The molecule has 1 nitrogen and oxygen atoms in total. The van der Waals surface area contributed by atoms with Crippen LogP contribution in [0.15, 0.2) is 24.3 Å². The lowest BCUT2D eigenvalue weighted by atomic mass is 9.97. The van der Waals surface area contributed by atoms with Gasteiger partial charge in [-0.3, -0.25) is 0 Å².